The number of benzene rings is 2. The zero-order chi connectivity index (χ0) is 28.9. The number of nitrogens with zero attached hydrogens (tertiary/aromatic N) is 7. The normalized spacial score (nSPS) is 14.1. The van der Waals surface area contributed by atoms with Gasteiger partial charge in [-0.25, -0.2) is 9.97 Å². The van der Waals surface area contributed by atoms with E-state index in [1.807, 2.05) is 55.3 Å². The van der Waals surface area contributed by atoms with Gasteiger partial charge in [-0.1, -0.05) is 18.7 Å². The van der Waals surface area contributed by atoms with Crippen molar-refractivity contribution < 1.29 is 9.53 Å². The van der Waals surface area contributed by atoms with E-state index in [9.17, 15) is 4.79 Å². The summed E-state index contributed by atoms with van der Waals surface area (Å²) in [6, 6.07) is 11.8. The number of methoxy groups -OCH3 is 1. The molecule has 41 heavy (non-hydrogen) atoms. The maximum absolute atomic E-state index is 12.4. The van der Waals surface area contributed by atoms with Gasteiger partial charge in [0.25, 0.3) is 0 Å². The molecule has 2 aromatic carbocycles. The second-order valence-electron chi connectivity index (χ2n) is 10.3. The molecule has 4 aromatic rings. The molecule has 0 saturated carbocycles. The molecule has 11 nitrogen and oxygen atoms in total. The van der Waals surface area contributed by atoms with Crippen molar-refractivity contribution in [2.45, 2.75) is 0 Å². The number of hydrogen-bond acceptors (Lipinski definition) is 9. The molecule has 214 valence electrons. The fourth-order valence-electron chi connectivity index (χ4n) is 4.94. The van der Waals surface area contributed by atoms with Crippen LogP contribution in [0, 0.1) is 0 Å². The summed E-state index contributed by atoms with van der Waals surface area (Å²) < 4.78 is 7.62. The lowest BCUT2D eigenvalue weighted by Crippen LogP contribution is -2.46. The first-order valence-corrected chi connectivity index (χ1v) is 13.6. The van der Waals surface area contributed by atoms with Crippen molar-refractivity contribution in [3.63, 3.8) is 0 Å². The van der Waals surface area contributed by atoms with Crippen molar-refractivity contribution in [2.75, 3.05) is 76.0 Å². The summed E-state index contributed by atoms with van der Waals surface area (Å²) in [6.07, 6.45) is 4.63. The molecule has 2 N–H and O–H groups in total. The average molecular weight is 556 g/mol. The van der Waals surface area contributed by atoms with Gasteiger partial charge in [0.05, 0.1) is 41.6 Å². The molecule has 1 fully saturated rings. The minimum atomic E-state index is -0.287. The molecule has 0 aliphatic carbocycles. The van der Waals surface area contributed by atoms with Gasteiger partial charge in [0.1, 0.15) is 17.9 Å². The van der Waals surface area contributed by atoms with Crippen LogP contribution >= 0.6 is 0 Å². The summed E-state index contributed by atoms with van der Waals surface area (Å²) in [7, 11) is 7.73. The summed E-state index contributed by atoms with van der Waals surface area (Å²) in [4.78, 5) is 28.3. The molecule has 11 heteroatoms. The van der Waals surface area contributed by atoms with Crippen LogP contribution in [0.2, 0.25) is 0 Å². The van der Waals surface area contributed by atoms with E-state index in [-0.39, 0.29) is 5.91 Å². The number of ether oxygens (including phenoxy) is 1. The largest absolute Gasteiger partial charge is 0.494 e. The van der Waals surface area contributed by atoms with Gasteiger partial charge in [-0.2, -0.15) is 5.10 Å². The van der Waals surface area contributed by atoms with Gasteiger partial charge in [0.2, 0.25) is 5.91 Å². The maximum Gasteiger partial charge on any atom is 0.247 e. The average Bonchev–Trinajstić information content (AvgIpc) is 3.36. The molecule has 0 unspecified atom stereocenters. The highest BCUT2D eigenvalue weighted by Crippen LogP contribution is 2.38. The van der Waals surface area contributed by atoms with Crippen molar-refractivity contribution in [1.29, 1.82) is 0 Å². The van der Waals surface area contributed by atoms with Crippen molar-refractivity contribution in [2.24, 2.45) is 7.05 Å². The highest BCUT2D eigenvalue weighted by Gasteiger charge is 2.18. The molecule has 5 rings (SSSR count). The number of fused-ring (bicyclic) bond motifs is 1. The first-order valence-electron chi connectivity index (χ1n) is 13.6. The Hall–Kier alpha value is -4.48. The molecule has 0 spiro atoms. The monoisotopic (exact) mass is 555 g/mol. The van der Waals surface area contributed by atoms with Crippen LogP contribution in [0.15, 0.2) is 61.6 Å². The molecule has 1 saturated heterocycles. The summed E-state index contributed by atoms with van der Waals surface area (Å²) in [5, 5.41) is 11.7. The Kier molecular flexibility index (Phi) is 8.46. The standard InChI is InChI=1S/C30H37N9O2/c1-6-30(40)35-24-16-25(28(41-5)18-27(24)37(3)11-14-39-12-9-36(2)10-13-39)34-29-17-23(31-20-32-29)21-7-8-22-19-33-38(4)26(22)15-21/h6-8,15-20H,1,9-14H2,2-5H3,(H,35,40)(H,31,32,34). The lowest BCUT2D eigenvalue weighted by atomic mass is 10.1. The fourth-order valence-corrected chi connectivity index (χ4v) is 4.94. The second kappa shape index (κ2) is 12.4. The topological polar surface area (TPSA) is 104 Å². The third-order valence-electron chi connectivity index (χ3n) is 7.49. The van der Waals surface area contributed by atoms with Crippen LogP contribution < -0.4 is 20.3 Å². The number of nitrogens with one attached hydrogen (secondary N) is 2. The zero-order valence-electron chi connectivity index (χ0n) is 24.1. The van der Waals surface area contributed by atoms with Crippen LogP contribution in [0.3, 0.4) is 0 Å². The number of likely N-dealkylation sites (N-methyl/N-ethyl adjacent to an activating group) is 2. The van der Waals surface area contributed by atoms with Gasteiger partial charge in [0.15, 0.2) is 0 Å². The molecule has 0 atom stereocenters. The minimum absolute atomic E-state index is 0.287. The van der Waals surface area contributed by atoms with Crippen molar-refractivity contribution in [3.8, 4) is 17.0 Å². The summed E-state index contributed by atoms with van der Waals surface area (Å²) in [5.74, 6) is 0.930. The Bertz CT molecular complexity index is 1540. The molecule has 1 aliphatic heterocycles. The van der Waals surface area contributed by atoms with Crippen LogP contribution in [0.4, 0.5) is 22.9 Å². The number of anilines is 4. The van der Waals surface area contributed by atoms with Gasteiger partial charge < -0.3 is 25.2 Å². The Morgan fingerprint density at radius 1 is 1.10 bits per heavy atom. The van der Waals surface area contributed by atoms with E-state index in [0.717, 1.165) is 67.1 Å². The quantitative estimate of drug-likeness (QED) is 0.284. The summed E-state index contributed by atoms with van der Waals surface area (Å²) in [5.41, 5.74) is 4.90. The van der Waals surface area contributed by atoms with E-state index in [0.29, 0.717) is 22.9 Å². The fraction of sp³-hybridized carbons (Fsp3) is 0.333. The number of rotatable bonds is 10. The van der Waals surface area contributed by atoms with E-state index in [1.165, 1.54) is 12.4 Å². The van der Waals surface area contributed by atoms with E-state index >= 15 is 0 Å². The van der Waals surface area contributed by atoms with Gasteiger partial charge in [-0.05, 0) is 25.3 Å². The minimum Gasteiger partial charge on any atom is -0.494 e. The van der Waals surface area contributed by atoms with Gasteiger partial charge in [-0.15, -0.1) is 0 Å². The molecule has 0 bridgehead atoms. The first-order chi connectivity index (χ1) is 19.8. The van der Waals surface area contributed by atoms with Crippen LogP contribution in [0.5, 0.6) is 5.75 Å². The molecule has 2 aromatic heterocycles. The van der Waals surface area contributed by atoms with E-state index < -0.39 is 0 Å². The van der Waals surface area contributed by atoms with Crippen LogP contribution in [-0.4, -0.2) is 95.9 Å². The number of hydrogen-bond donors (Lipinski definition) is 2. The van der Waals surface area contributed by atoms with Crippen LogP contribution in [0.1, 0.15) is 0 Å². The van der Waals surface area contributed by atoms with Crippen LogP contribution in [-0.2, 0) is 11.8 Å². The highest BCUT2D eigenvalue weighted by molar-refractivity contribution is 6.02. The van der Waals surface area contributed by atoms with Gasteiger partial charge in [0, 0.05) is 76.4 Å². The Morgan fingerprint density at radius 3 is 2.66 bits per heavy atom. The molecule has 1 aliphatic rings. The smallest absolute Gasteiger partial charge is 0.247 e. The Balaban J connectivity index is 1.40. The van der Waals surface area contributed by atoms with Gasteiger partial charge in [-0.3, -0.25) is 14.4 Å². The molecule has 3 heterocycles. The summed E-state index contributed by atoms with van der Waals surface area (Å²) in [6.45, 7) is 9.58. The third-order valence-corrected chi connectivity index (χ3v) is 7.49. The molecular formula is C30H37N9O2. The van der Waals surface area contributed by atoms with E-state index in [1.54, 1.807) is 7.11 Å². The zero-order valence-corrected chi connectivity index (χ0v) is 24.1. The third kappa shape index (κ3) is 6.47. The molecule has 1 amide bonds. The predicted octanol–water partition coefficient (Wildman–Crippen LogP) is 3.59. The van der Waals surface area contributed by atoms with Gasteiger partial charge >= 0.3 is 0 Å². The molecule has 0 radical (unpaired) electrons. The van der Waals surface area contributed by atoms with Crippen LogP contribution in [0.25, 0.3) is 22.2 Å². The molecular weight excluding hydrogens is 518 g/mol. The number of aromatic nitrogens is 4. The number of piperazine rings is 1. The Morgan fingerprint density at radius 2 is 1.90 bits per heavy atom. The lowest BCUT2D eigenvalue weighted by molar-refractivity contribution is -0.111. The second-order valence-corrected chi connectivity index (χ2v) is 10.3. The number of carbonyl (C=O) groups excluding carboxylic acids is 1. The highest BCUT2D eigenvalue weighted by atomic mass is 16.5. The summed E-state index contributed by atoms with van der Waals surface area (Å²) >= 11 is 0. The maximum atomic E-state index is 12.4. The van der Waals surface area contributed by atoms with Crippen molar-refractivity contribution in [1.82, 2.24) is 29.5 Å². The lowest BCUT2D eigenvalue weighted by Gasteiger charge is -2.34. The number of carbonyl (C=O) groups is 1. The van der Waals surface area contributed by atoms with E-state index in [4.69, 9.17) is 4.74 Å². The Labute approximate surface area is 240 Å². The van der Waals surface area contributed by atoms with E-state index in [2.05, 4.69) is 60.1 Å². The van der Waals surface area contributed by atoms with Crippen molar-refractivity contribution >= 4 is 39.7 Å². The number of aryl methyl sites for hydroxylation is 1. The van der Waals surface area contributed by atoms with Crippen molar-refractivity contribution in [3.05, 3.63) is 61.6 Å². The SMILES string of the molecule is C=CC(=O)Nc1cc(Nc2cc(-c3ccc4cnn(C)c4c3)ncn2)c(OC)cc1N(C)CCN1CCN(C)CC1. The number of amides is 1. The predicted molar refractivity (Wildman–Crippen MR) is 164 cm³/mol. The first kappa shape index (κ1) is 28.1.